The number of aromatic nitrogens is 1. The normalized spacial score (nSPS) is 20.3. The minimum absolute atomic E-state index is 0.136. The van der Waals surface area contributed by atoms with Crippen LogP contribution in [0, 0.1) is 6.92 Å². The third kappa shape index (κ3) is 4.93. The lowest BCUT2D eigenvalue weighted by molar-refractivity contribution is -0.159. The average Bonchev–Trinajstić information content (AvgIpc) is 2.66. The first-order chi connectivity index (χ1) is 13.0. The molecular formula is C22H29N3O2. The van der Waals surface area contributed by atoms with Crippen molar-refractivity contribution in [1.82, 2.24) is 14.8 Å². The number of carbonyl (C=O) groups is 1. The molecule has 0 spiro atoms. The van der Waals surface area contributed by atoms with E-state index in [2.05, 4.69) is 17.1 Å². The number of pyridine rings is 1. The van der Waals surface area contributed by atoms with Crippen molar-refractivity contribution in [3.8, 4) is 0 Å². The number of aliphatic hydroxyl groups is 1. The molecule has 144 valence electrons. The summed E-state index contributed by atoms with van der Waals surface area (Å²) in [6.07, 6.45) is 5.79. The van der Waals surface area contributed by atoms with Gasteiger partial charge in [0.25, 0.3) is 5.91 Å². The van der Waals surface area contributed by atoms with E-state index in [4.69, 9.17) is 0 Å². The van der Waals surface area contributed by atoms with Crippen LogP contribution in [0.5, 0.6) is 0 Å². The van der Waals surface area contributed by atoms with Gasteiger partial charge in [0, 0.05) is 38.6 Å². The zero-order valence-electron chi connectivity index (χ0n) is 16.3. The van der Waals surface area contributed by atoms with E-state index in [1.165, 1.54) is 11.1 Å². The summed E-state index contributed by atoms with van der Waals surface area (Å²) in [5, 5.41) is 11.1. The van der Waals surface area contributed by atoms with Crippen molar-refractivity contribution in [3.05, 3.63) is 65.5 Å². The smallest absolute Gasteiger partial charge is 0.255 e. The summed E-state index contributed by atoms with van der Waals surface area (Å²) in [7, 11) is 1.95. The van der Waals surface area contributed by atoms with Crippen molar-refractivity contribution in [3.63, 3.8) is 0 Å². The van der Waals surface area contributed by atoms with Gasteiger partial charge in [0.1, 0.15) is 0 Å². The fourth-order valence-electron chi connectivity index (χ4n) is 3.81. The van der Waals surface area contributed by atoms with Crippen LogP contribution in [0.15, 0.2) is 48.8 Å². The van der Waals surface area contributed by atoms with Crippen LogP contribution in [0.4, 0.5) is 0 Å². The minimum Gasteiger partial charge on any atom is -0.379 e. The van der Waals surface area contributed by atoms with E-state index in [0.29, 0.717) is 26.1 Å². The Balaban J connectivity index is 1.60. The van der Waals surface area contributed by atoms with Gasteiger partial charge in [0.15, 0.2) is 5.60 Å². The van der Waals surface area contributed by atoms with Crippen molar-refractivity contribution in [2.24, 2.45) is 0 Å². The van der Waals surface area contributed by atoms with Crippen LogP contribution >= 0.6 is 0 Å². The highest BCUT2D eigenvalue weighted by molar-refractivity contribution is 5.86. The first-order valence-electron chi connectivity index (χ1n) is 9.62. The Labute approximate surface area is 161 Å². The fourth-order valence-corrected chi connectivity index (χ4v) is 3.81. The van der Waals surface area contributed by atoms with Gasteiger partial charge in [0.05, 0.1) is 0 Å². The van der Waals surface area contributed by atoms with E-state index in [-0.39, 0.29) is 5.91 Å². The van der Waals surface area contributed by atoms with E-state index in [1.54, 1.807) is 6.20 Å². The Hall–Kier alpha value is -2.24. The fraction of sp³-hybridized carbons (Fsp3) is 0.455. The van der Waals surface area contributed by atoms with Gasteiger partial charge >= 0.3 is 0 Å². The molecule has 0 unspecified atom stereocenters. The number of aryl methyl sites for hydroxylation is 1. The molecule has 3 rings (SSSR count). The first kappa shape index (κ1) is 19.5. The summed E-state index contributed by atoms with van der Waals surface area (Å²) in [5.74, 6) is -0.136. The average molecular weight is 367 g/mol. The lowest BCUT2D eigenvalue weighted by Gasteiger charge is -2.40. The highest BCUT2D eigenvalue weighted by Gasteiger charge is 2.42. The molecule has 1 N–H and O–H groups in total. The predicted octanol–water partition coefficient (Wildman–Crippen LogP) is 2.42. The van der Waals surface area contributed by atoms with Crippen molar-refractivity contribution in [1.29, 1.82) is 0 Å². The highest BCUT2D eigenvalue weighted by atomic mass is 16.3. The maximum Gasteiger partial charge on any atom is 0.255 e. The number of benzene rings is 1. The molecule has 1 atom stereocenters. The topological polar surface area (TPSA) is 56.7 Å². The standard InChI is InChI=1S/C22H29N3O2/c1-18-15-23-12-9-20(18)16-24(2)17-22(27)11-6-13-25(21(22)26)14-10-19-7-4-3-5-8-19/h3-5,7-9,12,15,27H,6,10-11,13-14,16-17H2,1-2H3/t22-/m1/s1. The quantitative estimate of drug-likeness (QED) is 0.817. The molecule has 5 heteroatoms. The molecule has 1 aliphatic rings. The van der Waals surface area contributed by atoms with Crippen LogP contribution in [0.2, 0.25) is 0 Å². The molecule has 2 aromatic rings. The van der Waals surface area contributed by atoms with E-state index < -0.39 is 5.60 Å². The van der Waals surface area contributed by atoms with Crippen molar-refractivity contribution < 1.29 is 9.90 Å². The number of nitrogens with zero attached hydrogens (tertiary/aromatic N) is 3. The molecule has 1 fully saturated rings. The summed E-state index contributed by atoms with van der Waals surface area (Å²) < 4.78 is 0. The van der Waals surface area contributed by atoms with Crippen LogP contribution in [-0.4, -0.2) is 58.1 Å². The number of carbonyl (C=O) groups excluding carboxylic acids is 1. The van der Waals surface area contributed by atoms with Gasteiger partial charge in [-0.2, -0.15) is 0 Å². The van der Waals surface area contributed by atoms with Crippen molar-refractivity contribution >= 4 is 5.91 Å². The van der Waals surface area contributed by atoms with Gasteiger partial charge in [-0.15, -0.1) is 0 Å². The summed E-state index contributed by atoms with van der Waals surface area (Å²) >= 11 is 0. The molecular weight excluding hydrogens is 338 g/mol. The number of amides is 1. The molecule has 1 saturated heterocycles. The molecule has 1 aliphatic heterocycles. The predicted molar refractivity (Wildman–Crippen MR) is 106 cm³/mol. The summed E-state index contributed by atoms with van der Waals surface area (Å²) in [5.41, 5.74) is 2.20. The minimum atomic E-state index is -1.30. The van der Waals surface area contributed by atoms with Gasteiger partial charge in [-0.25, -0.2) is 0 Å². The Bertz CT molecular complexity index is 765. The van der Waals surface area contributed by atoms with Crippen LogP contribution in [0.25, 0.3) is 0 Å². The molecule has 0 bridgehead atoms. The van der Waals surface area contributed by atoms with Gasteiger partial charge in [-0.1, -0.05) is 30.3 Å². The lowest BCUT2D eigenvalue weighted by atomic mass is 9.90. The van der Waals surface area contributed by atoms with Gasteiger partial charge in [0.2, 0.25) is 0 Å². The van der Waals surface area contributed by atoms with Gasteiger partial charge in [-0.05, 0) is 56.0 Å². The molecule has 0 aliphatic carbocycles. The molecule has 0 radical (unpaired) electrons. The van der Waals surface area contributed by atoms with E-state index in [1.807, 2.05) is 54.2 Å². The number of rotatable bonds is 7. The zero-order valence-corrected chi connectivity index (χ0v) is 16.3. The molecule has 1 aromatic carbocycles. The Morgan fingerprint density at radius 2 is 2.04 bits per heavy atom. The molecule has 2 heterocycles. The largest absolute Gasteiger partial charge is 0.379 e. The summed E-state index contributed by atoms with van der Waals surface area (Å²) in [6.45, 7) is 4.44. The second kappa shape index (κ2) is 8.63. The highest BCUT2D eigenvalue weighted by Crippen LogP contribution is 2.24. The van der Waals surface area contributed by atoms with Crippen LogP contribution < -0.4 is 0 Å². The molecule has 27 heavy (non-hydrogen) atoms. The van der Waals surface area contributed by atoms with E-state index >= 15 is 0 Å². The monoisotopic (exact) mass is 367 g/mol. The van der Waals surface area contributed by atoms with E-state index in [0.717, 1.165) is 24.9 Å². The number of likely N-dealkylation sites (N-methyl/N-ethyl adjacent to an activating group) is 1. The Morgan fingerprint density at radius 3 is 2.78 bits per heavy atom. The number of hydrogen-bond donors (Lipinski definition) is 1. The zero-order chi connectivity index (χ0) is 19.3. The Kier molecular flexibility index (Phi) is 6.24. The second-order valence-electron chi connectivity index (χ2n) is 7.64. The van der Waals surface area contributed by atoms with E-state index in [9.17, 15) is 9.90 Å². The maximum absolute atomic E-state index is 13.0. The van der Waals surface area contributed by atoms with Crippen molar-refractivity contribution in [2.45, 2.75) is 38.3 Å². The van der Waals surface area contributed by atoms with Gasteiger partial charge < -0.3 is 10.0 Å². The Morgan fingerprint density at radius 1 is 1.26 bits per heavy atom. The number of piperidine rings is 1. The van der Waals surface area contributed by atoms with Crippen molar-refractivity contribution in [2.75, 3.05) is 26.7 Å². The second-order valence-corrected chi connectivity index (χ2v) is 7.64. The molecule has 5 nitrogen and oxygen atoms in total. The molecule has 0 saturated carbocycles. The molecule has 1 aromatic heterocycles. The van der Waals surface area contributed by atoms with Crippen LogP contribution in [0.3, 0.4) is 0 Å². The summed E-state index contributed by atoms with van der Waals surface area (Å²) in [6, 6.07) is 12.2. The molecule has 1 amide bonds. The third-order valence-corrected chi connectivity index (χ3v) is 5.33. The van der Waals surface area contributed by atoms with Crippen LogP contribution in [-0.2, 0) is 17.8 Å². The number of likely N-dealkylation sites (tertiary alicyclic amines) is 1. The maximum atomic E-state index is 13.0. The van der Waals surface area contributed by atoms with Gasteiger partial charge in [-0.3, -0.25) is 14.7 Å². The first-order valence-corrected chi connectivity index (χ1v) is 9.62. The SMILES string of the molecule is Cc1cnccc1CN(C)C[C@]1(O)CCCN(CCc2ccccc2)C1=O. The lowest BCUT2D eigenvalue weighted by Crippen LogP contribution is -2.58. The van der Waals surface area contributed by atoms with Crippen LogP contribution in [0.1, 0.15) is 29.5 Å². The summed E-state index contributed by atoms with van der Waals surface area (Å²) in [4.78, 5) is 20.9. The third-order valence-electron chi connectivity index (χ3n) is 5.33. The number of hydrogen-bond acceptors (Lipinski definition) is 4.